The molecule has 0 spiro atoms. The van der Waals surface area contributed by atoms with Crippen molar-refractivity contribution in [1.82, 2.24) is 10.1 Å². The summed E-state index contributed by atoms with van der Waals surface area (Å²) in [5.41, 5.74) is 8.75. The minimum Gasteiger partial charge on any atom is -0.338 e. The molecule has 1 aliphatic rings. The van der Waals surface area contributed by atoms with Gasteiger partial charge < -0.3 is 10.3 Å². The Morgan fingerprint density at radius 1 is 1.29 bits per heavy atom. The van der Waals surface area contributed by atoms with Crippen molar-refractivity contribution in [2.75, 3.05) is 0 Å². The van der Waals surface area contributed by atoms with Crippen LogP contribution < -0.4 is 5.73 Å². The lowest BCUT2D eigenvalue weighted by molar-refractivity contribution is 0.255. The molecule has 3 rings (SSSR count). The van der Waals surface area contributed by atoms with Crippen molar-refractivity contribution in [3.05, 3.63) is 47.1 Å². The van der Waals surface area contributed by atoms with E-state index >= 15 is 0 Å². The molecule has 0 amide bonds. The van der Waals surface area contributed by atoms with E-state index in [0.717, 1.165) is 5.82 Å². The van der Waals surface area contributed by atoms with E-state index in [1.807, 2.05) is 0 Å². The molecular weight excluding hydrogens is 262 g/mol. The Bertz CT molecular complexity index is 587. The van der Waals surface area contributed by atoms with Gasteiger partial charge in [0, 0.05) is 6.42 Å². The van der Waals surface area contributed by atoms with Gasteiger partial charge in [0.2, 0.25) is 5.89 Å². The zero-order valence-corrected chi connectivity index (χ0v) is 12.6. The number of aryl methyl sites for hydroxylation is 1. The summed E-state index contributed by atoms with van der Waals surface area (Å²) in [6.07, 6.45) is 6.91. The molecule has 0 aliphatic heterocycles. The van der Waals surface area contributed by atoms with E-state index in [1.54, 1.807) is 0 Å². The van der Waals surface area contributed by atoms with Crippen molar-refractivity contribution in [3.8, 4) is 0 Å². The van der Waals surface area contributed by atoms with E-state index in [0.29, 0.717) is 18.2 Å². The summed E-state index contributed by atoms with van der Waals surface area (Å²) >= 11 is 0. The first-order chi connectivity index (χ1) is 10.2. The number of hydrogen-bond donors (Lipinski definition) is 1. The van der Waals surface area contributed by atoms with Gasteiger partial charge >= 0.3 is 0 Å². The molecule has 0 saturated heterocycles. The van der Waals surface area contributed by atoms with Crippen LogP contribution in [-0.2, 0) is 6.42 Å². The molecule has 0 radical (unpaired) electrons. The largest absolute Gasteiger partial charge is 0.338 e. The van der Waals surface area contributed by atoms with Crippen LogP contribution in [0.2, 0.25) is 0 Å². The number of benzene rings is 1. The predicted octanol–water partition coefficient (Wildman–Crippen LogP) is 3.55. The smallest absolute Gasteiger partial charge is 0.243 e. The minimum atomic E-state index is -0.107. The third-order valence-electron chi connectivity index (χ3n) is 4.37. The molecule has 1 unspecified atom stereocenters. The summed E-state index contributed by atoms with van der Waals surface area (Å²) in [6.45, 7) is 2.09. The summed E-state index contributed by atoms with van der Waals surface area (Å²) in [7, 11) is 0. The Morgan fingerprint density at radius 2 is 2.10 bits per heavy atom. The van der Waals surface area contributed by atoms with Gasteiger partial charge in [-0.2, -0.15) is 4.98 Å². The lowest BCUT2D eigenvalue weighted by Gasteiger charge is -2.24. The van der Waals surface area contributed by atoms with Crippen molar-refractivity contribution in [2.45, 2.75) is 51.5 Å². The Hall–Kier alpha value is -1.68. The molecular formula is C17H23N3O. The highest BCUT2D eigenvalue weighted by Crippen LogP contribution is 2.32. The summed E-state index contributed by atoms with van der Waals surface area (Å²) in [5, 5.41) is 4.09. The topological polar surface area (TPSA) is 64.9 Å². The molecule has 1 heterocycles. The second-order valence-corrected chi connectivity index (χ2v) is 6.14. The van der Waals surface area contributed by atoms with E-state index in [2.05, 4.69) is 41.3 Å². The Labute approximate surface area is 125 Å². The van der Waals surface area contributed by atoms with Gasteiger partial charge in [-0.3, -0.25) is 0 Å². The number of hydrogen-bond acceptors (Lipinski definition) is 4. The van der Waals surface area contributed by atoms with Gasteiger partial charge in [-0.15, -0.1) is 0 Å². The van der Waals surface area contributed by atoms with Crippen LogP contribution in [-0.4, -0.2) is 10.1 Å². The first kappa shape index (κ1) is 14.3. The average molecular weight is 285 g/mol. The molecule has 1 fully saturated rings. The molecule has 1 aliphatic carbocycles. The standard InChI is InChI=1S/C17H23N3O/c1-12-6-5-7-13(10-12)11-15-19-17(21-20-15)16(18)14-8-3-2-4-9-14/h5-7,10,14,16H,2-4,8-9,11,18H2,1H3. The van der Waals surface area contributed by atoms with Crippen LogP contribution in [0.4, 0.5) is 0 Å². The Balaban J connectivity index is 1.68. The molecule has 21 heavy (non-hydrogen) atoms. The van der Waals surface area contributed by atoms with E-state index in [-0.39, 0.29) is 6.04 Å². The zero-order valence-electron chi connectivity index (χ0n) is 12.6. The maximum Gasteiger partial charge on any atom is 0.243 e. The highest BCUT2D eigenvalue weighted by molar-refractivity contribution is 5.24. The second kappa shape index (κ2) is 6.39. The number of aromatic nitrogens is 2. The van der Waals surface area contributed by atoms with E-state index in [1.165, 1.54) is 43.2 Å². The highest BCUT2D eigenvalue weighted by Gasteiger charge is 2.26. The summed E-state index contributed by atoms with van der Waals surface area (Å²) in [4.78, 5) is 4.51. The lowest BCUT2D eigenvalue weighted by Crippen LogP contribution is -2.23. The number of nitrogens with zero attached hydrogens (tertiary/aromatic N) is 2. The zero-order chi connectivity index (χ0) is 14.7. The third-order valence-corrected chi connectivity index (χ3v) is 4.37. The highest BCUT2D eigenvalue weighted by atomic mass is 16.5. The van der Waals surface area contributed by atoms with E-state index < -0.39 is 0 Å². The minimum absolute atomic E-state index is 0.107. The molecule has 112 valence electrons. The van der Waals surface area contributed by atoms with Crippen LogP contribution in [0, 0.1) is 12.8 Å². The molecule has 4 nitrogen and oxygen atoms in total. The van der Waals surface area contributed by atoms with Crippen LogP contribution >= 0.6 is 0 Å². The van der Waals surface area contributed by atoms with Crippen molar-refractivity contribution in [3.63, 3.8) is 0 Å². The van der Waals surface area contributed by atoms with Gasteiger partial charge in [0.15, 0.2) is 5.82 Å². The molecule has 0 bridgehead atoms. The summed E-state index contributed by atoms with van der Waals surface area (Å²) in [5.74, 6) is 1.82. The molecule has 1 saturated carbocycles. The van der Waals surface area contributed by atoms with Crippen LogP contribution in [0.3, 0.4) is 0 Å². The fourth-order valence-corrected chi connectivity index (χ4v) is 3.17. The van der Waals surface area contributed by atoms with Gasteiger partial charge in [0.25, 0.3) is 0 Å². The van der Waals surface area contributed by atoms with Crippen LogP contribution in [0.5, 0.6) is 0 Å². The van der Waals surface area contributed by atoms with Gasteiger partial charge in [-0.05, 0) is 31.2 Å². The molecule has 1 atom stereocenters. The third kappa shape index (κ3) is 3.50. The Morgan fingerprint density at radius 3 is 2.86 bits per heavy atom. The molecule has 4 heteroatoms. The molecule has 1 aromatic carbocycles. The predicted molar refractivity (Wildman–Crippen MR) is 81.8 cm³/mol. The fraction of sp³-hybridized carbons (Fsp3) is 0.529. The Kier molecular flexibility index (Phi) is 4.34. The average Bonchev–Trinajstić information content (AvgIpc) is 2.96. The summed E-state index contributed by atoms with van der Waals surface area (Å²) < 4.78 is 5.40. The quantitative estimate of drug-likeness (QED) is 0.933. The van der Waals surface area contributed by atoms with Gasteiger partial charge in [-0.25, -0.2) is 0 Å². The van der Waals surface area contributed by atoms with Crippen molar-refractivity contribution < 1.29 is 4.52 Å². The lowest BCUT2D eigenvalue weighted by atomic mass is 9.84. The van der Waals surface area contributed by atoms with Crippen LogP contribution in [0.25, 0.3) is 0 Å². The number of nitrogens with two attached hydrogens (primary N) is 1. The normalized spacial score (nSPS) is 17.8. The molecule has 1 aromatic heterocycles. The summed E-state index contributed by atoms with van der Waals surface area (Å²) in [6, 6.07) is 8.27. The van der Waals surface area contributed by atoms with E-state index in [4.69, 9.17) is 10.3 Å². The fourth-order valence-electron chi connectivity index (χ4n) is 3.17. The monoisotopic (exact) mass is 285 g/mol. The second-order valence-electron chi connectivity index (χ2n) is 6.14. The number of rotatable bonds is 4. The maximum atomic E-state index is 6.30. The molecule has 2 aromatic rings. The molecule has 2 N–H and O–H groups in total. The SMILES string of the molecule is Cc1cccc(Cc2noc(C(N)C3CCCCC3)n2)c1. The van der Waals surface area contributed by atoms with Gasteiger partial charge in [0.1, 0.15) is 0 Å². The maximum absolute atomic E-state index is 6.30. The van der Waals surface area contributed by atoms with Gasteiger partial charge in [0.05, 0.1) is 6.04 Å². The van der Waals surface area contributed by atoms with Crippen molar-refractivity contribution >= 4 is 0 Å². The first-order valence-corrected chi connectivity index (χ1v) is 7.86. The van der Waals surface area contributed by atoms with Gasteiger partial charge in [-0.1, -0.05) is 54.2 Å². The van der Waals surface area contributed by atoms with Crippen molar-refractivity contribution in [2.24, 2.45) is 11.7 Å². The van der Waals surface area contributed by atoms with E-state index in [9.17, 15) is 0 Å². The van der Waals surface area contributed by atoms with Crippen LogP contribution in [0.15, 0.2) is 28.8 Å². The first-order valence-electron chi connectivity index (χ1n) is 7.86. The van der Waals surface area contributed by atoms with Crippen LogP contribution in [0.1, 0.15) is 61.0 Å². The van der Waals surface area contributed by atoms with Crippen molar-refractivity contribution in [1.29, 1.82) is 0 Å².